The fourth-order valence-electron chi connectivity index (χ4n) is 2.21. The summed E-state index contributed by atoms with van der Waals surface area (Å²) in [5.41, 5.74) is 1.28. The molecule has 1 fully saturated rings. The fourth-order valence-corrected chi connectivity index (χ4v) is 2.21. The molecule has 0 radical (unpaired) electrons. The maximum atomic E-state index is 11.7. The van der Waals surface area contributed by atoms with Crippen LogP contribution in [0.15, 0.2) is 11.6 Å². The Morgan fingerprint density at radius 2 is 1.75 bits per heavy atom. The number of hydrogen-bond donors (Lipinski definition) is 0. The monoisotopic (exact) mass is 223 g/mol. The average Bonchev–Trinajstić information content (AvgIpc) is 2.34. The van der Waals surface area contributed by atoms with Crippen LogP contribution in [-0.4, -0.2) is 30.3 Å². The van der Waals surface area contributed by atoms with Crippen molar-refractivity contribution >= 4 is 5.78 Å². The second-order valence-electron chi connectivity index (χ2n) is 4.63. The van der Waals surface area contributed by atoms with E-state index in [1.54, 1.807) is 0 Å². The van der Waals surface area contributed by atoms with E-state index in [2.05, 4.69) is 18.7 Å². The zero-order valence-electron chi connectivity index (χ0n) is 10.8. The molecule has 0 bridgehead atoms. The van der Waals surface area contributed by atoms with Gasteiger partial charge in [0.15, 0.2) is 5.78 Å². The molecule has 16 heavy (non-hydrogen) atoms. The highest BCUT2D eigenvalue weighted by molar-refractivity contribution is 5.90. The SMILES string of the molecule is CCC(=CC(=O)CCN1CCCCC1)CC. The highest BCUT2D eigenvalue weighted by Gasteiger charge is 2.10. The van der Waals surface area contributed by atoms with Crippen LogP contribution < -0.4 is 0 Å². The zero-order chi connectivity index (χ0) is 11.8. The molecule has 1 aliphatic heterocycles. The van der Waals surface area contributed by atoms with E-state index >= 15 is 0 Å². The summed E-state index contributed by atoms with van der Waals surface area (Å²) in [6.45, 7) is 7.56. The second kappa shape index (κ2) is 7.61. The van der Waals surface area contributed by atoms with Gasteiger partial charge in [-0.3, -0.25) is 4.79 Å². The summed E-state index contributed by atoms with van der Waals surface area (Å²) >= 11 is 0. The largest absolute Gasteiger partial charge is 0.303 e. The van der Waals surface area contributed by atoms with E-state index in [1.165, 1.54) is 37.9 Å². The van der Waals surface area contributed by atoms with Gasteiger partial charge < -0.3 is 4.90 Å². The van der Waals surface area contributed by atoms with Crippen LogP contribution in [0.2, 0.25) is 0 Å². The fraction of sp³-hybridized carbons (Fsp3) is 0.786. The van der Waals surface area contributed by atoms with Crippen LogP contribution in [0.3, 0.4) is 0 Å². The summed E-state index contributed by atoms with van der Waals surface area (Å²) in [7, 11) is 0. The molecule has 0 saturated carbocycles. The van der Waals surface area contributed by atoms with E-state index in [0.29, 0.717) is 12.2 Å². The summed E-state index contributed by atoms with van der Waals surface area (Å²) in [5, 5.41) is 0. The number of carbonyl (C=O) groups excluding carboxylic acids is 1. The molecule has 0 aliphatic carbocycles. The van der Waals surface area contributed by atoms with Gasteiger partial charge in [-0.25, -0.2) is 0 Å². The smallest absolute Gasteiger partial charge is 0.156 e. The third-order valence-electron chi connectivity index (χ3n) is 3.40. The number of hydrogen-bond acceptors (Lipinski definition) is 2. The number of rotatable bonds is 6. The van der Waals surface area contributed by atoms with Gasteiger partial charge in [0.1, 0.15) is 0 Å². The molecule has 92 valence electrons. The van der Waals surface area contributed by atoms with E-state index in [1.807, 2.05) is 6.08 Å². The quantitative estimate of drug-likeness (QED) is 0.645. The maximum Gasteiger partial charge on any atom is 0.156 e. The van der Waals surface area contributed by atoms with Crippen molar-refractivity contribution in [3.8, 4) is 0 Å². The highest BCUT2D eigenvalue weighted by atomic mass is 16.1. The van der Waals surface area contributed by atoms with Crippen molar-refractivity contribution in [3.05, 3.63) is 11.6 Å². The van der Waals surface area contributed by atoms with Crippen LogP contribution in [0, 0.1) is 0 Å². The van der Waals surface area contributed by atoms with Gasteiger partial charge in [0.25, 0.3) is 0 Å². The van der Waals surface area contributed by atoms with Gasteiger partial charge in [0, 0.05) is 13.0 Å². The molecule has 1 rings (SSSR count). The van der Waals surface area contributed by atoms with Gasteiger partial charge in [-0.2, -0.15) is 0 Å². The first kappa shape index (κ1) is 13.4. The van der Waals surface area contributed by atoms with Crippen molar-refractivity contribution in [2.45, 2.75) is 52.4 Å². The van der Waals surface area contributed by atoms with Crippen molar-refractivity contribution < 1.29 is 4.79 Å². The minimum absolute atomic E-state index is 0.310. The van der Waals surface area contributed by atoms with E-state index in [4.69, 9.17) is 0 Å². The topological polar surface area (TPSA) is 20.3 Å². The van der Waals surface area contributed by atoms with Crippen LogP contribution in [0.1, 0.15) is 52.4 Å². The van der Waals surface area contributed by atoms with Crippen LogP contribution >= 0.6 is 0 Å². The van der Waals surface area contributed by atoms with E-state index in [-0.39, 0.29) is 0 Å². The number of ketones is 1. The number of likely N-dealkylation sites (tertiary alicyclic amines) is 1. The van der Waals surface area contributed by atoms with Gasteiger partial charge in [-0.05, 0) is 44.8 Å². The van der Waals surface area contributed by atoms with E-state index in [9.17, 15) is 4.79 Å². The molecule has 1 saturated heterocycles. The zero-order valence-corrected chi connectivity index (χ0v) is 10.8. The molecule has 0 amide bonds. The molecule has 0 spiro atoms. The predicted octanol–water partition coefficient (Wildman–Crippen LogP) is 3.18. The standard InChI is InChI=1S/C14H25NO/c1-3-13(4-2)12-14(16)8-11-15-9-6-5-7-10-15/h12H,3-11H2,1-2H3. The molecule has 0 aromatic rings. The molecule has 0 aromatic carbocycles. The summed E-state index contributed by atoms with van der Waals surface area (Å²) in [4.78, 5) is 14.1. The lowest BCUT2D eigenvalue weighted by atomic mass is 10.1. The molecule has 0 N–H and O–H groups in total. The Morgan fingerprint density at radius 1 is 1.12 bits per heavy atom. The van der Waals surface area contributed by atoms with Crippen molar-refractivity contribution in [2.24, 2.45) is 0 Å². The number of allylic oxidation sites excluding steroid dienone is 2. The highest BCUT2D eigenvalue weighted by Crippen LogP contribution is 2.10. The molecule has 2 nitrogen and oxygen atoms in total. The molecular weight excluding hydrogens is 198 g/mol. The van der Waals surface area contributed by atoms with Gasteiger partial charge in [0.05, 0.1) is 0 Å². The van der Waals surface area contributed by atoms with Crippen molar-refractivity contribution in [1.29, 1.82) is 0 Å². The molecule has 0 unspecified atom stereocenters. The molecule has 1 heterocycles. The van der Waals surface area contributed by atoms with Crippen LogP contribution in [0.4, 0.5) is 0 Å². The summed E-state index contributed by atoms with van der Waals surface area (Å²) < 4.78 is 0. The predicted molar refractivity (Wildman–Crippen MR) is 68.6 cm³/mol. The van der Waals surface area contributed by atoms with E-state index in [0.717, 1.165) is 19.4 Å². The van der Waals surface area contributed by atoms with Crippen molar-refractivity contribution in [1.82, 2.24) is 4.90 Å². The lowest BCUT2D eigenvalue weighted by Gasteiger charge is -2.25. The van der Waals surface area contributed by atoms with Gasteiger partial charge in [-0.1, -0.05) is 25.8 Å². The number of nitrogens with zero attached hydrogens (tertiary/aromatic N) is 1. The Balaban J connectivity index is 2.25. The van der Waals surface area contributed by atoms with Gasteiger partial charge in [-0.15, -0.1) is 0 Å². The first-order valence-electron chi connectivity index (χ1n) is 6.71. The normalized spacial score (nSPS) is 17.1. The Hall–Kier alpha value is -0.630. The lowest BCUT2D eigenvalue weighted by Crippen LogP contribution is -2.31. The number of piperidine rings is 1. The molecule has 0 atom stereocenters. The van der Waals surface area contributed by atoms with Crippen LogP contribution in [0.25, 0.3) is 0 Å². The maximum absolute atomic E-state index is 11.7. The first-order valence-corrected chi connectivity index (χ1v) is 6.71. The molecular formula is C14H25NO. The minimum atomic E-state index is 0.310. The van der Waals surface area contributed by atoms with Gasteiger partial charge in [0.2, 0.25) is 0 Å². The van der Waals surface area contributed by atoms with E-state index < -0.39 is 0 Å². The second-order valence-corrected chi connectivity index (χ2v) is 4.63. The number of carbonyl (C=O) groups is 1. The Bertz CT molecular complexity index is 233. The summed E-state index contributed by atoms with van der Waals surface area (Å²) in [6, 6.07) is 0. The average molecular weight is 223 g/mol. The lowest BCUT2D eigenvalue weighted by molar-refractivity contribution is -0.115. The van der Waals surface area contributed by atoms with Crippen LogP contribution in [-0.2, 0) is 4.79 Å². The molecule has 2 heteroatoms. The third kappa shape index (κ3) is 4.93. The Kier molecular flexibility index (Phi) is 6.39. The summed E-state index contributed by atoms with van der Waals surface area (Å²) in [5.74, 6) is 0.310. The van der Waals surface area contributed by atoms with Gasteiger partial charge >= 0.3 is 0 Å². The molecule has 0 aromatic heterocycles. The Morgan fingerprint density at radius 3 is 2.31 bits per heavy atom. The Labute approximate surface area is 99.7 Å². The molecule has 1 aliphatic rings. The minimum Gasteiger partial charge on any atom is -0.303 e. The van der Waals surface area contributed by atoms with Crippen molar-refractivity contribution in [3.63, 3.8) is 0 Å². The third-order valence-corrected chi connectivity index (χ3v) is 3.40. The van der Waals surface area contributed by atoms with Crippen molar-refractivity contribution in [2.75, 3.05) is 19.6 Å². The van der Waals surface area contributed by atoms with Crippen LogP contribution in [0.5, 0.6) is 0 Å². The summed E-state index contributed by atoms with van der Waals surface area (Å²) in [6.07, 6.45) is 8.55. The first-order chi connectivity index (χ1) is 7.76.